The lowest BCUT2D eigenvalue weighted by Gasteiger charge is -2.24. The third-order valence-corrected chi connectivity index (χ3v) is 6.01. The number of anilines is 2. The van der Waals surface area contributed by atoms with Crippen LogP contribution in [0, 0.1) is 6.92 Å². The standard InChI is InChI=1S/C17H25N5O3S2/c1-4-6-8-21(12(23)10-27-17-19-11(3)9-26-17)13-14(18)22(7-5-2)16(25)20-15(13)24/h9H,4-8,10,18H2,1-3H3,(H,20,24,25). The molecule has 27 heavy (non-hydrogen) atoms. The highest BCUT2D eigenvalue weighted by Gasteiger charge is 2.24. The summed E-state index contributed by atoms with van der Waals surface area (Å²) in [6.07, 6.45) is 2.26. The predicted molar refractivity (Wildman–Crippen MR) is 111 cm³/mol. The molecule has 3 N–H and O–H groups in total. The van der Waals surface area contributed by atoms with Gasteiger partial charge in [-0.3, -0.25) is 19.1 Å². The van der Waals surface area contributed by atoms with Gasteiger partial charge in [0.25, 0.3) is 5.56 Å². The number of nitrogens with two attached hydrogens (primary N) is 1. The lowest BCUT2D eigenvalue weighted by molar-refractivity contribution is -0.116. The molecule has 0 saturated heterocycles. The minimum Gasteiger partial charge on any atom is -0.383 e. The van der Waals surface area contributed by atoms with Gasteiger partial charge < -0.3 is 10.6 Å². The van der Waals surface area contributed by atoms with Gasteiger partial charge in [0, 0.05) is 24.2 Å². The number of thiazole rings is 1. The number of hydrogen-bond acceptors (Lipinski definition) is 7. The van der Waals surface area contributed by atoms with Gasteiger partial charge >= 0.3 is 5.69 Å². The van der Waals surface area contributed by atoms with Crippen LogP contribution in [-0.2, 0) is 11.3 Å². The number of carbonyl (C=O) groups excluding carboxylic acids is 1. The van der Waals surface area contributed by atoms with Gasteiger partial charge in [0.05, 0.1) is 5.75 Å². The van der Waals surface area contributed by atoms with Crippen molar-refractivity contribution in [3.8, 4) is 0 Å². The Morgan fingerprint density at radius 1 is 1.37 bits per heavy atom. The Hall–Kier alpha value is -2.07. The molecule has 0 aliphatic heterocycles. The number of amides is 1. The first kappa shape index (κ1) is 21.2. The second-order valence-electron chi connectivity index (χ2n) is 6.09. The quantitative estimate of drug-likeness (QED) is 0.612. The molecule has 0 aliphatic rings. The summed E-state index contributed by atoms with van der Waals surface area (Å²) < 4.78 is 2.11. The normalized spacial score (nSPS) is 10.9. The Balaban J connectivity index is 2.34. The van der Waals surface area contributed by atoms with Crippen LogP contribution in [0.2, 0.25) is 0 Å². The van der Waals surface area contributed by atoms with Crippen LogP contribution in [-0.4, -0.2) is 32.7 Å². The van der Waals surface area contributed by atoms with Crippen LogP contribution in [0.15, 0.2) is 19.3 Å². The van der Waals surface area contributed by atoms with E-state index in [1.807, 2.05) is 26.2 Å². The van der Waals surface area contributed by atoms with Crippen LogP contribution in [0.1, 0.15) is 38.8 Å². The average Bonchev–Trinajstić information content (AvgIpc) is 3.04. The van der Waals surface area contributed by atoms with Gasteiger partial charge in [0.2, 0.25) is 5.91 Å². The molecule has 2 aromatic rings. The maximum absolute atomic E-state index is 12.9. The molecule has 0 fully saturated rings. The van der Waals surface area contributed by atoms with Crippen molar-refractivity contribution < 1.29 is 4.79 Å². The van der Waals surface area contributed by atoms with E-state index in [-0.39, 0.29) is 23.2 Å². The lowest BCUT2D eigenvalue weighted by Crippen LogP contribution is -2.42. The van der Waals surface area contributed by atoms with E-state index in [0.717, 1.165) is 22.9 Å². The van der Waals surface area contributed by atoms with Gasteiger partial charge in [-0.2, -0.15) is 0 Å². The summed E-state index contributed by atoms with van der Waals surface area (Å²) in [7, 11) is 0. The molecule has 1 amide bonds. The smallest absolute Gasteiger partial charge is 0.330 e. The van der Waals surface area contributed by atoms with E-state index in [2.05, 4.69) is 9.97 Å². The third-order valence-electron chi connectivity index (χ3n) is 3.88. The van der Waals surface area contributed by atoms with Crippen LogP contribution < -0.4 is 21.9 Å². The minimum atomic E-state index is -0.635. The van der Waals surface area contributed by atoms with Crippen molar-refractivity contribution >= 4 is 40.5 Å². The van der Waals surface area contributed by atoms with Gasteiger partial charge in [-0.05, 0) is 19.8 Å². The zero-order valence-corrected chi connectivity index (χ0v) is 17.4. The molecule has 0 atom stereocenters. The summed E-state index contributed by atoms with van der Waals surface area (Å²) >= 11 is 2.81. The maximum atomic E-state index is 12.9. The largest absolute Gasteiger partial charge is 0.383 e. The highest BCUT2D eigenvalue weighted by Crippen LogP contribution is 2.24. The van der Waals surface area contributed by atoms with E-state index in [4.69, 9.17) is 5.73 Å². The molecule has 0 radical (unpaired) electrons. The number of aromatic amines is 1. The summed E-state index contributed by atoms with van der Waals surface area (Å²) in [5.74, 6) is -0.0621. The van der Waals surface area contributed by atoms with Gasteiger partial charge in [0.15, 0.2) is 10.0 Å². The molecule has 2 aromatic heterocycles. The SMILES string of the molecule is CCCCN(C(=O)CSc1nc(C)cs1)c1c(N)n(CCC)c(=O)[nH]c1=O. The van der Waals surface area contributed by atoms with Crippen molar-refractivity contribution in [1.82, 2.24) is 14.5 Å². The number of nitrogens with zero attached hydrogens (tertiary/aromatic N) is 3. The van der Waals surface area contributed by atoms with Gasteiger partial charge in [-0.15, -0.1) is 11.3 Å². The summed E-state index contributed by atoms with van der Waals surface area (Å²) in [4.78, 5) is 45.4. The molecule has 2 heterocycles. The molecule has 0 saturated carbocycles. The van der Waals surface area contributed by atoms with Crippen LogP contribution in [0.3, 0.4) is 0 Å². The highest BCUT2D eigenvalue weighted by atomic mass is 32.2. The zero-order chi connectivity index (χ0) is 20.0. The van der Waals surface area contributed by atoms with Crippen molar-refractivity contribution in [3.05, 3.63) is 31.9 Å². The van der Waals surface area contributed by atoms with Crippen LogP contribution in [0.5, 0.6) is 0 Å². The molecular weight excluding hydrogens is 386 g/mol. The van der Waals surface area contributed by atoms with E-state index in [1.54, 1.807) is 0 Å². The van der Waals surface area contributed by atoms with Gasteiger partial charge in [-0.1, -0.05) is 32.0 Å². The second kappa shape index (κ2) is 9.75. The van der Waals surface area contributed by atoms with E-state index in [1.165, 1.54) is 32.6 Å². The Bertz CT molecular complexity index is 903. The fourth-order valence-corrected chi connectivity index (χ4v) is 4.29. The number of rotatable bonds is 9. The molecule has 0 aliphatic carbocycles. The zero-order valence-electron chi connectivity index (χ0n) is 15.8. The number of thioether (sulfide) groups is 1. The average molecular weight is 412 g/mol. The Kier molecular flexibility index (Phi) is 7.66. The van der Waals surface area contributed by atoms with Crippen LogP contribution in [0.25, 0.3) is 0 Å². The minimum absolute atomic E-state index is 0.0325. The predicted octanol–water partition coefficient (Wildman–Crippen LogP) is 2.22. The molecule has 10 heteroatoms. The molecule has 2 rings (SSSR count). The van der Waals surface area contributed by atoms with E-state index in [0.29, 0.717) is 19.5 Å². The molecule has 0 unspecified atom stereocenters. The number of aromatic nitrogens is 3. The first-order valence-corrected chi connectivity index (χ1v) is 10.7. The summed E-state index contributed by atoms with van der Waals surface area (Å²) in [6, 6.07) is 0. The first-order valence-electron chi connectivity index (χ1n) is 8.86. The van der Waals surface area contributed by atoms with E-state index in [9.17, 15) is 14.4 Å². The molecule has 0 spiro atoms. The van der Waals surface area contributed by atoms with E-state index < -0.39 is 11.2 Å². The van der Waals surface area contributed by atoms with Crippen molar-refractivity contribution in [1.29, 1.82) is 0 Å². The summed E-state index contributed by atoms with van der Waals surface area (Å²) in [6.45, 7) is 6.54. The number of carbonyl (C=O) groups is 1. The molecular formula is C17H25N5O3S2. The fraction of sp³-hybridized carbons (Fsp3) is 0.529. The maximum Gasteiger partial charge on any atom is 0.330 e. The summed E-state index contributed by atoms with van der Waals surface area (Å²) in [5.41, 5.74) is 5.89. The molecule has 148 valence electrons. The van der Waals surface area contributed by atoms with Crippen LogP contribution >= 0.6 is 23.1 Å². The Morgan fingerprint density at radius 3 is 2.70 bits per heavy atom. The van der Waals surface area contributed by atoms with Crippen molar-refractivity contribution in [2.75, 3.05) is 22.9 Å². The first-order chi connectivity index (χ1) is 12.9. The number of nitrogens with one attached hydrogen (secondary N) is 1. The molecule has 0 aromatic carbocycles. The number of H-pyrrole nitrogens is 1. The number of hydrogen-bond donors (Lipinski definition) is 2. The summed E-state index contributed by atoms with van der Waals surface area (Å²) in [5, 5.41) is 1.92. The van der Waals surface area contributed by atoms with Crippen LogP contribution in [0.4, 0.5) is 11.5 Å². The lowest BCUT2D eigenvalue weighted by atomic mass is 10.2. The van der Waals surface area contributed by atoms with Crippen molar-refractivity contribution in [3.63, 3.8) is 0 Å². The Labute approximate surface area is 165 Å². The number of aryl methyl sites for hydroxylation is 1. The van der Waals surface area contributed by atoms with Crippen molar-refractivity contribution in [2.24, 2.45) is 0 Å². The molecule has 0 bridgehead atoms. The topological polar surface area (TPSA) is 114 Å². The number of unbranched alkanes of at least 4 members (excludes halogenated alkanes) is 1. The highest BCUT2D eigenvalue weighted by molar-refractivity contribution is 8.01. The third kappa shape index (κ3) is 5.23. The number of nitrogen functional groups attached to an aromatic ring is 1. The monoisotopic (exact) mass is 411 g/mol. The fourth-order valence-electron chi connectivity index (χ4n) is 2.56. The van der Waals surface area contributed by atoms with Gasteiger partial charge in [-0.25, -0.2) is 9.78 Å². The van der Waals surface area contributed by atoms with Gasteiger partial charge in [0.1, 0.15) is 5.82 Å². The molecule has 8 nitrogen and oxygen atoms in total. The van der Waals surface area contributed by atoms with E-state index >= 15 is 0 Å². The van der Waals surface area contributed by atoms with Crippen molar-refractivity contribution in [2.45, 2.75) is 50.9 Å². The Morgan fingerprint density at radius 2 is 2.11 bits per heavy atom. The second-order valence-corrected chi connectivity index (χ2v) is 8.17.